The van der Waals surface area contributed by atoms with Crippen LogP contribution >= 0.6 is 0 Å². The summed E-state index contributed by atoms with van der Waals surface area (Å²) in [5, 5.41) is 0. The smallest absolute Gasteiger partial charge is 0.223 e. The number of para-hydroxylation sites is 1. The Morgan fingerprint density at radius 3 is 2.43 bits per heavy atom. The molecule has 1 saturated heterocycles. The Balaban J connectivity index is 1.48. The Kier molecular flexibility index (Phi) is 4.24. The van der Waals surface area contributed by atoms with Crippen LogP contribution in [0.2, 0.25) is 0 Å². The van der Waals surface area contributed by atoms with E-state index in [-0.39, 0.29) is 5.91 Å². The Morgan fingerprint density at radius 2 is 1.76 bits per heavy atom. The first-order valence-electron chi connectivity index (χ1n) is 7.53. The van der Waals surface area contributed by atoms with Gasteiger partial charge in [0.2, 0.25) is 5.91 Å². The van der Waals surface area contributed by atoms with Crippen LogP contribution in [0.25, 0.3) is 0 Å². The number of carbonyl (C=O) groups is 1. The first-order chi connectivity index (χ1) is 10.3. The summed E-state index contributed by atoms with van der Waals surface area (Å²) in [6, 6.07) is 14.4. The van der Waals surface area contributed by atoms with E-state index in [1.54, 1.807) is 0 Å². The molecule has 0 atom stereocenters. The van der Waals surface area contributed by atoms with Crippen molar-refractivity contribution in [1.29, 1.82) is 0 Å². The first-order valence-corrected chi connectivity index (χ1v) is 7.53. The summed E-state index contributed by atoms with van der Waals surface area (Å²) in [4.78, 5) is 19.7. The molecule has 110 valence electrons. The minimum absolute atomic E-state index is 0.261. The van der Waals surface area contributed by atoms with Crippen LogP contribution in [-0.4, -0.2) is 42.0 Å². The average molecular weight is 283 g/mol. The van der Waals surface area contributed by atoms with Crippen LogP contribution in [0.5, 0.6) is 0 Å². The van der Waals surface area contributed by atoms with Crippen LogP contribution in [0.4, 0.5) is 5.69 Å². The molecule has 0 unspecified atom stereocenters. The number of benzene rings is 1. The van der Waals surface area contributed by atoms with E-state index in [1.807, 2.05) is 29.3 Å². The van der Waals surface area contributed by atoms with E-state index in [1.165, 1.54) is 5.69 Å². The summed E-state index contributed by atoms with van der Waals surface area (Å²) >= 11 is 0. The van der Waals surface area contributed by atoms with Gasteiger partial charge in [-0.2, -0.15) is 0 Å². The highest BCUT2D eigenvalue weighted by molar-refractivity contribution is 5.76. The fourth-order valence-corrected chi connectivity index (χ4v) is 2.78. The van der Waals surface area contributed by atoms with Crippen molar-refractivity contribution in [3.8, 4) is 0 Å². The number of nitrogens with zero attached hydrogens (tertiary/aromatic N) is 2. The number of anilines is 1. The van der Waals surface area contributed by atoms with E-state index in [2.05, 4.69) is 34.1 Å². The van der Waals surface area contributed by atoms with Crippen molar-refractivity contribution in [2.24, 2.45) is 0 Å². The number of hydrogen-bond donors (Lipinski definition) is 1. The second kappa shape index (κ2) is 6.48. The number of rotatable bonds is 4. The number of aromatic nitrogens is 1. The van der Waals surface area contributed by atoms with Crippen molar-refractivity contribution >= 4 is 11.6 Å². The number of carbonyl (C=O) groups excluding carboxylic acids is 1. The van der Waals surface area contributed by atoms with Gasteiger partial charge < -0.3 is 14.8 Å². The Bertz CT molecular complexity index is 557. The normalized spacial score (nSPS) is 15.2. The SMILES string of the molecule is O=C(CCc1ccc[nH]1)N1CCN(c2ccccc2)CC1. The molecule has 1 aliphatic rings. The summed E-state index contributed by atoms with van der Waals surface area (Å²) in [6.07, 6.45) is 3.29. The minimum Gasteiger partial charge on any atom is -0.368 e. The molecule has 1 fully saturated rings. The molecule has 0 radical (unpaired) electrons. The van der Waals surface area contributed by atoms with Crippen LogP contribution in [-0.2, 0) is 11.2 Å². The van der Waals surface area contributed by atoms with E-state index in [0.717, 1.165) is 38.3 Å². The molecule has 4 nitrogen and oxygen atoms in total. The fraction of sp³-hybridized carbons (Fsp3) is 0.353. The number of hydrogen-bond acceptors (Lipinski definition) is 2. The van der Waals surface area contributed by atoms with E-state index < -0.39 is 0 Å². The van der Waals surface area contributed by atoms with Crippen LogP contribution in [0.3, 0.4) is 0 Å². The summed E-state index contributed by atoms with van der Waals surface area (Å²) in [7, 11) is 0. The molecular formula is C17H21N3O. The molecule has 1 amide bonds. The van der Waals surface area contributed by atoms with Gasteiger partial charge in [0.05, 0.1) is 0 Å². The zero-order valence-corrected chi connectivity index (χ0v) is 12.2. The average Bonchev–Trinajstić information content (AvgIpc) is 3.07. The maximum Gasteiger partial charge on any atom is 0.223 e. The van der Waals surface area contributed by atoms with E-state index in [9.17, 15) is 4.79 Å². The van der Waals surface area contributed by atoms with Crippen molar-refractivity contribution in [3.63, 3.8) is 0 Å². The van der Waals surface area contributed by atoms with Gasteiger partial charge >= 0.3 is 0 Å². The molecule has 1 N–H and O–H groups in total. The molecule has 1 aromatic carbocycles. The predicted molar refractivity (Wildman–Crippen MR) is 84.3 cm³/mol. The lowest BCUT2D eigenvalue weighted by atomic mass is 10.2. The Labute approximate surface area is 125 Å². The van der Waals surface area contributed by atoms with Gasteiger partial charge in [0.25, 0.3) is 0 Å². The molecule has 0 saturated carbocycles. The number of piperazine rings is 1. The van der Waals surface area contributed by atoms with Gasteiger partial charge in [-0.05, 0) is 30.7 Å². The first kappa shape index (κ1) is 13.7. The zero-order valence-electron chi connectivity index (χ0n) is 12.2. The van der Waals surface area contributed by atoms with Gasteiger partial charge in [-0.25, -0.2) is 0 Å². The highest BCUT2D eigenvalue weighted by Gasteiger charge is 2.20. The lowest BCUT2D eigenvalue weighted by Gasteiger charge is -2.36. The topological polar surface area (TPSA) is 39.3 Å². The monoisotopic (exact) mass is 283 g/mol. The van der Waals surface area contributed by atoms with Crippen molar-refractivity contribution in [1.82, 2.24) is 9.88 Å². The van der Waals surface area contributed by atoms with E-state index in [0.29, 0.717) is 6.42 Å². The van der Waals surface area contributed by atoms with Crippen molar-refractivity contribution < 1.29 is 4.79 Å². The Hall–Kier alpha value is -2.23. The number of aromatic amines is 1. The van der Waals surface area contributed by atoms with Gasteiger partial charge in [0, 0.05) is 50.2 Å². The number of nitrogens with one attached hydrogen (secondary N) is 1. The molecule has 2 aromatic rings. The molecular weight excluding hydrogens is 262 g/mol. The van der Waals surface area contributed by atoms with Gasteiger partial charge in [-0.15, -0.1) is 0 Å². The van der Waals surface area contributed by atoms with Crippen molar-refractivity contribution in [2.45, 2.75) is 12.8 Å². The predicted octanol–water partition coefficient (Wildman–Crippen LogP) is 2.30. The molecule has 0 spiro atoms. The molecule has 1 aliphatic heterocycles. The molecule has 3 rings (SSSR count). The second-order valence-electron chi connectivity index (χ2n) is 5.40. The molecule has 2 heterocycles. The third-order valence-corrected chi connectivity index (χ3v) is 4.02. The lowest BCUT2D eigenvalue weighted by molar-refractivity contribution is -0.131. The standard InChI is InChI=1S/C17H21N3O/c21-17(9-8-15-5-4-10-18-15)20-13-11-19(12-14-20)16-6-2-1-3-7-16/h1-7,10,18H,8-9,11-14H2. The summed E-state index contributed by atoms with van der Waals surface area (Å²) in [5.74, 6) is 0.261. The maximum atomic E-state index is 12.2. The third kappa shape index (κ3) is 3.45. The van der Waals surface area contributed by atoms with Crippen LogP contribution in [0, 0.1) is 0 Å². The second-order valence-corrected chi connectivity index (χ2v) is 5.40. The van der Waals surface area contributed by atoms with Gasteiger partial charge in [-0.3, -0.25) is 4.79 Å². The van der Waals surface area contributed by atoms with Crippen molar-refractivity contribution in [3.05, 3.63) is 54.4 Å². The Morgan fingerprint density at radius 1 is 1.00 bits per heavy atom. The van der Waals surface area contributed by atoms with Crippen LogP contribution < -0.4 is 4.90 Å². The summed E-state index contributed by atoms with van der Waals surface area (Å²) in [6.45, 7) is 3.47. The largest absolute Gasteiger partial charge is 0.368 e. The molecule has 4 heteroatoms. The molecule has 21 heavy (non-hydrogen) atoms. The summed E-state index contributed by atoms with van der Waals surface area (Å²) in [5.41, 5.74) is 2.38. The van der Waals surface area contributed by atoms with Gasteiger partial charge in [0.15, 0.2) is 0 Å². The fourth-order valence-electron chi connectivity index (χ4n) is 2.78. The van der Waals surface area contributed by atoms with Crippen LogP contribution in [0.1, 0.15) is 12.1 Å². The summed E-state index contributed by atoms with van der Waals surface area (Å²) < 4.78 is 0. The van der Waals surface area contributed by atoms with E-state index in [4.69, 9.17) is 0 Å². The minimum atomic E-state index is 0.261. The van der Waals surface area contributed by atoms with E-state index >= 15 is 0 Å². The maximum absolute atomic E-state index is 12.2. The lowest BCUT2D eigenvalue weighted by Crippen LogP contribution is -2.48. The highest BCUT2D eigenvalue weighted by Crippen LogP contribution is 2.16. The van der Waals surface area contributed by atoms with Crippen LogP contribution in [0.15, 0.2) is 48.7 Å². The highest BCUT2D eigenvalue weighted by atomic mass is 16.2. The molecule has 0 bridgehead atoms. The number of amides is 1. The molecule has 0 aliphatic carbocycles. The third-order valence-electron chi connectivity index (χ3n) is 4.02. The number of aryl methyl sites for hydroxylation is 1. The number of H-pyrrole nitrogens is 1. The van der Waals surface area contributed by atoms with Gasteiger partial charge in [0.1, 0.15) is 0 Å². The quantitative estimate of drug-likeness (QED) is 0.935. The zero-order chi connectivity index (χ0) is 14.5. The molecule has 1 aromatic heterocycles. The van der Waals surface area contributed by atoms with Gasteiger partial charge in [-0.1, -0.05) is 18.2 Å². The van der Waals surface area contributed by atoms with Crippen molar-refractivity contribution in [2.75, 3.05) is 31.1 Å².